The van der Waals surface area contributed by atoms with Crippen molar-refractivity contribution in [2.75, 3.05) is 0 Å². The second-order valence-corrected chi connectivity index (χ2v) is 6.63. The summed E-state index contributed by atoms with van der Waals surface area (Å²) >= 11 is 0. The Balaban J connectivity index is 2.65. The van der Waals surface area contributed by atoms with Crippen LogP contribution in [0.1, 0.15) is 60.1 Å². The molecule has 1 aromatic rings. The van der Waals surface area contributed by atoms with Crippen molar-refractivity contribution in [3.05, 3.63) is 33.4 Å². The molecule has 0 saturated heterocycles. The van der Waals surface area contributed by atoms with Crippen molar-refractivity contribution >= 4 is 0 Å². The predicted octanol–water partition coefficient (Wildman–Crippen LogP) is 4.99. The molecule has 1 saturated carbocycles. The summed E-state index contributed by atoms with van der Waals surface area (Å²) in [6.07, 6.45) is 0. The van der Waals surface area contributed by atoms with Gasteiger partial charge in [-0.1, -0.05) is 20.8 Å². The van der Waals surface area contributed by atoms with Crippen LogP contribution >= 0.6 is 0 Å². The minimum Gasteiger partial charge on any atom is -0.0614 e. The molecule has 1 fully saturated rings. The molecule has 94 valence electrons. The third-order valence-electron chi connectivity index (χ3n) is 5.74. The van der Waals surface area contributed by atoms with Crippen molar-refractivity contribution in [1.29, 1.82) is 0 Å². The van der Waals surface area contributed by atoms with Gasteiger partial charge in [0.25, 0.3) is 0 Å². The smallest absolute Gasteiger partial charge is 0.00714 e. The van der Waals surface area contributed by atoms with Gasteiger partial charge in [-0.05, 0) is 85.3 Å². The zero-order valence-electron chi connectivity index (χ0n) is 12.7. The lowest BCUT2D eigenvalue weighted by molar-refractivity contribution is 0.574. The maximum absolute atomic E-state index is 2.41. The summed E-state index contributed by atoms with van der Waals surface area (Å²) in [5, 5.41) is 0. The number of hydrogen-bond acceptors (Lipinski definition) is 0. The lowest BCUT2D eigenvalue weighted by Crippen LogP contribution is -2.03. The summed E-state index contributed by atoms with van der Waals surface area (Å²) in [7, 11) is 0. The molecule has 2 unspecified atom stereocenters. The van der Waals surface area contributed by atoms with Crippen molar-refractivity contribution in [3.8, 4) is 0 Å². The standard InChI is InChI=1S/C17H26/c1-9-10(2)12(4)15(13(5)11(9)3)16-14(6)17(16,7)8/h14,16H,1-8H3. The summed E-state index contributed by atoms with van der Waals surface area (Å²) in [5.74, 6) is 1.59. The van der Waals surface area contributed by atoms with Crippen LogP contribution in [0.15, 0.2) is 0 Å². The Kier molecular flexibility index (Phi) is 2.69. The number of benzene rings is 1. The van der Waals surface area contributed by atoms with Crippen molar-refractivity contribution in [2.45, 2.75) is 61.3 Å². The second kappa shape index (κ2) is 3.60. The van der Waals surface area contributed by atoms with Crippen LogP contribution in [0.5, 0.6) is 0 Å². The van der Waals surface area contributed by atoms with Crippen molar-refractivity contribution in [2.24, 2.45) is 11.3 Å². The SMILES string of the molecule is Cc1c(C)c(C)c(C2C(C)C2(C)C)c(C)c1C. The molecular weight excluding hydrogens is 204 g/mol. The van der Waals surface area contributed by atoms with E-state index in [1.54, 1.807) is 5.56 Å². The Labute approximate surface area is 106 Å². The van der Waals surface area contributed by atoms with Crippen LogP contribution in [-0.4, -0.2) is 0 Å². The van der Waals surface area contributed by atoms with Crippen LogP contribution in [-0.2, 0) is 0 Å². The van der Waals surface area contributed by atoms with E-state index >= 15 is 0 Å². The second-order valence-electron chi connectivity index (χ2n) is 6.63. The van der Waals surface area contributed by atoms with Gasteiger partial charge in [-0.25, -0.2) is 0 Å². The van der Waals surface area contributed by atoms with E-state index in [1.807, 2.05) is 0 Å². The normalized spacial score (nSPS) is 26.1. The molecule has 0 heterocycles. The number of hydrogen-bond donors (Lipinski definition) is 0. The molecule has 0 N–H and O–H groups in total. The Morgan fingerprint density at radius 3 is 1.29 bits per heavy atom. The first-order chi connectivity index (χ1) is 7.71. The summed E-state index contributed by atoms with van der Waals surface area (Å²) in [4.78, 5) is 0. The Bertz CT molecular complexity index is 448. The van der Waals surface area contributed by atoms with E-state index in [0.717, 1.165) is 11.8 Å². The van der Waals surface area contributed by atoms with Crippen LogP contribution in [0, 0.1) is 46.0 Å². The van der Waals surface area contributed by atoms with Gasteiger partial charge in [-0.15, -0.1) is 0 Å². The number of rotatable bonds is 1. The van der Waals surface area contributed by atoms with E-state index in [-0.39, 0.29) is 0 Å². The first-order valence-electron chi connectivity index (χ1n) is 6.78. The molecule has 0 heteroatoms. The Morgan fingerprint density at radius 2 is 1.00 bits per heavy atom. The summed E-state index contributed by atoms with van der Waals surface area (Å²) < 4.78 is 0. The Hall–Kier alpha value is -0.780. The van der Waals surface area contributed by atoms with E-state index < -0.39 is 0 Å². The first kappa shape index (κ1) is 12.7. The highest BCUT2D eigenvalue weighted by Crippen LogP contribution is 2.65. The van der Waals surface area contributed by atoms with Crippen LogP contribution in [0.3, 0.4) is 0 Å². The lowest BCUT2D eigenvalue weighted by atomic mass is 9.86. The molecule has 0 aromatic heterocycles. The molecule has 0 nitrogen and oxygen atoms in total. The average Bonchev–Trinajstić information content (AvgIpc) is 2.75. The molecule has 2 atom stereocenters. The summed E-state index contributed by atoms with van der Waals surface area (Å²) in [5.41, 5.74) is 9.68. The van der Waals surface area contributed by atoms with Crippen LogP contribution < -0.4 is 0 Å². The van der Waals surface area contributed by atoms with E-state index in [1.165, 1.54) is 27.8 Å². The summed E-state index contributed by atoms with van der Waals surface area (Å²) in [6.45, 7) is 18.7. The van der Waals surface area contributed by atoms with Crippen LogP contribution in [0.25, 0.3) is 0 Å². The van der Waals surface area contributed by atoms with Gasteiger partial charge in [0.05, 0.1) is 0 Å². The topological polar surface area (TPSA) is 0 Å². The van der Waals surface area contributed by atoms with Crippen LogP contribution in [0.2, 0.25) is 0 Å². The van der Waals surface area contributed by atoms with Crippen molar-refractivity contribution < 1.29 is 0 Å². The molecule has 0 bridgehead atoms. The van der Waals surface area contributed by atoms with E-state index in [4.69, 9.17) is 0 Å². The fraction of sp³-hybridized carbons (Fsp3) is 0.647. The quantitative estimate of drug-likeness (QED) is 0.637. The third-order valence-corrected chi connectivity index (χ3v) is 5.74. The van der Waals surface area contributed by atoms with E-state index in [9.17, 15) is 0 Å². The van der Waals surface area contributed by atoms with Gasteiger partial charge in [-0.2, -0.15) is 0 Å². The maximum atomic E-state index is 2.41. The molecule has 1 aromatic carbocycles. The highest BCUT2D eigenvalue weighted by Gasteiger charge is 2.56. The highest BCUT2D eigenvalue weighted by atomic mass is 14.6. The molecule has 0 radical (unpaired) electrons. The van der Waals surface area contributed by atoms with Crippen molar-refractivity contribution in [3.63, 3.8) is 0 Å². The van der Waals surface area contributed by atoms with E-state index in [2.05, 4.69) is 55.4 Å². The van der Waals surface area contributed by atoms with Crippen molar-refractivity contribution in [1.82, 2.24) is 0 Å². The summed E-state index contributed by atoms with van der Waals surface area (Å²) in [6, 6.07) is 0. The molecule has 1 aliphatic carbocycles. The van der Waals surface area contributed by atoms with Crippen LogP contribution in [0.4, 0.5) is 0 Å². The van der Waals surface area contributed by atoms with Gasteiger partial charge in [0, 0.05) is 0 Å². The van der Waals surface area contributed by atoms with Gasteiger partial charge in [0.1, 0.15) is 0 Å². The molecule has 0 aliphatic heterocycles. The average molecular weight is 230 g/mol. The third kappa shape index (κ3) is 1.57. The largest absolute Gasteiger partial charge is 0.0614 e. The molecule has 17 heavy (non-hydrogen) atoms. The van der Waals surface area contributed by atoms with Gasteiger partial charge in [0.15, 0.2) is 0 Å². The molecule has 0 spiro atoms. The van der Waals surface area contributed by atoms with Gasteiger partial charge < -0.3 is 0 Å². The molecule has 2 rings (SSSR count). The molecular formula is C17H26. The fourth-order valence-corrected chi connectivity index (χ4v) is 3.51. The fourth-order valence-electron chi connectivity index (χ4n) is 3.51. The minimum atomic E-state index is 0.490. The van der Waals surface area contributed by atoms with Gasteiger partial charge >= 0.3 is 0 Å². The first-order valence-corrected chi connectivity index (χ1v) is 6.78. The Morgan fingerprint density at radius 1 is 0.706 bits per heavy atom. The minimum absolute atomic E-state index is 0.490. The molecule has 0 amide bonds. The monoisotopic (exact) mass is 230 g/mol. The van der Waals surface area contributed by atoms with E-state index in [0.29, 0.717) is 5.41 Å². The lowest BCUT2D eigenvalue weighted by Gasteiger charge is -2.19. The highest BCUT2D eigenvalue weighted by molar-refractivity contribution is 5.53. The maximum Gasteiger partial charge on any atom is -0.00714 e. The molecule has 1 aliphatic rings. The zero-order chi connectivity index (χ0) is 13.1. The van der Waals surface area contributed by atoms with Gasteiger partial charge in [-0.3, -0.25) is 0 Å². The zero-order valence-corrected chi connectivity index (χ0v) is 12.7. The van der Waals surface area contributed by atoms with Gasteiger partial charge in [0.2, 0.25) is 0 Å². The predicted molar refractivity (Wildman–Crippen MR) is 75.8 cm³/mol.